The number of aliphatic hydroxyl groups is 1. The van der Waals surface area contributed by atoms with Gasteiger partial charge in [0.25, 0.3) is 0 Å². The van der Waals surface area contributed by atoms with Gasteiger partial charge in [-0.1, -0.05) is 114 Å². The lowest BCUT2D eigenvalue weighted by molar-refractivity contribution is -0.123. The largest absolute Gasteiger partial charge is 0.386 e. The van der Waals surface area contributed by atoms with Gasteiger partial charge >= 0.3 is 0 Å². The summed E-state index contributed by atoms with van der Waals surface area (Å²) in [6, 6.07) is 9.46. The molecule has 0 saturated carbocycles. The quantitative estimate of drug-likeness (QED) is 0.237. The summed E-state index contributed by atoms with van der Waals surface area (Å²) >= 11 is 0. The van der Waals surface area contributed by atoms with Crippen molar-refractivity contribution in [1.82, 2.24) is 15.1 Å². The summed E-state index contributed by atoms with van der Waals surface area (Å²) in [5.74, 6) is 0.0715. The highest BCUT2D eigenvalue weighted by Gasteiger charge is 2.26. The second kappa shape index (κ2) is 18.8. The third kappa shape index (κ3) is 13.5. The minimum absolute atomic E-state index is 0.0715. The number of piperazine rings is 1. The van der Waals surface area contributed by atoms with Crippen molar-refractivity contribution in [1.29, 1.82) is 0 Å². The maximum atomic E-state index is 12.7. The van der Waals surface area contributed by atoms with Gasteiger partial charge < -0.3 is 15.3 Å². The van der Waals surface area contributed by atoms with Crippen molar-refractivity contribution in [2.24, 2.45) is 0 Å². The number of aliphatic hydroxyl groups excluding tert-OH is 1. The van der Waals surface area contributed by atoms with Gasteiger partial charge in [0.2, 0.25) is 5.91 Å². The lowest BCUT2D eigenvalue weighted by Crippen LogP contribution is -2.52. The Kier molecular flexibility index (Phi) is 16.0. The van der Waals surface area contributed by atoms with Gasteiger partial charge in [0, 0.05) is 39.1 Å². The predicted octanol–water partition coefficient (Wildman–Crippen LogP) is 5.93. The monoisotopic (exact) mass is 487 g/mol. The molecule has 5 heteroatoms. The van der Waals surface area contributed by atoms with Gasteiger partial charge in [-0.2, -0.15) is 0 Å². The van der Waals surface area contributed by atoms with E-state index in [0.29, 0.717) is 13.0 Å². The van der Waals surface area contributed by atoms with Gasteiger partial charge in [-0.3, -0.25) is 9.69 Å². The number of nitrogens with one attached hydrogen (secondary N) is 1. The average molecular weight is 488 g/mol. The Morgan fingerprint density at radius 3 is 1.89 bits per heavy atom. The summed E-state index contributed by atoms with van der Waals surface area (Å²) in [6.45, 7) is 6.97. The molecule has 5 nitrogen and oxygen atoms in total. The summed E-state index contributed by atoms with van der Waals surface area (Å²) in [5.41, 5.74) is 0.868. The first-order valence-corrected chi connectivity index (χ1v) is 14.5. The highest BCUT2D eigenvalue weighted by atomic mass is 16.3. The molecule has 35 heavy (non-hydrogen) atoms. The standard InChI is InChI=1S/C30H53N3O2/c1-3-4-5-6-7-8-9-10-11-12-13-14-18-21-29(34)31-28(26-33-24-22-32(2)23-25-33)30(35)27-19-16-15-17-20-27/h15-17,19-20,28,30,35H,3-14,18,21-26H2,1-2H3,(H,31,34)/t28-,30-/m1/s1. The molecule has 0 spiro atoms. The van der Waals surface area contributed by atoms with E-state index in [1.807, 2.05) is 30.3 Å². The van der Waals surface area contributed by atoms with Crippen LogP contribution in [0.25, 0.3) is 0 Å². The molecule has 2 rings (SSSR count). The van der Waals surface area contributed by atoms with Crippen molar-refractivity contribution in [2.45, 2.75) is 109 Å². The van der Waals surface area contributed by atoms with E-state index in [2.05, 4.69) is 29.1 Å². The van der Waals surface area contributed by atoms with E-state index in [4.69, 9.17) is 0 Å². The number of rotatable bonds is 19. The molecule has 0 radical (unpaired) electrons. The smallest absolute Gasteiger partial charge is 0.220 e. The van der Waals surface area contributed by atoms with E-state index >= 15 is 0 Å². The molecule has 0 aliphatic carbocycles. The zero-order valence-electron chi connectivity index (χ0n) is 22.7. The first kappa shape index (κ1) is 29.8. The number of carbonyl (C=O) groups excluding carboxylic acids is 1. The van der Waals surface area contributed by atoms with E-state index in [1.165, 1.54) is 70.6 Å². The van der Waals surface area contributed by atoms with Crippen LogP contribution in [0.5, 0.6) is 0 Å². The Morgan fingerprint density at radius 2 is 1.34 bits per heavy atom. The third-order valence-corrected chi connectivity index (χ3v) is 7.43. The SMILES string of the molecule is CCCCCCCCCCCCCCCC(=O)N[C@H](CN1CCN(C)CC1)[C@H](O)c1ccccc1. The molecule has 0 bridgehead atoms. The minimum Gasteiger partial charge on any atom is -0.386 e. The number of carbonyl (C=O) groups is 1. The average Bonchev–Trinajstić information content (AvgIpc) is 2.88. The van der Waals surface area contributed by atoms with Crippen LogP contribution in [0.4, 0.5) is 0 Å². The number of unbranched alkanes of at least 4 members (excludes halogenated alkanes) is 12. The Balaban J connectivity index is 1.61. The van der Waals surface area contributed by atoms with Gasteiger partial charge in [-0.05, 0) is 19.0 Å². The summed E-state index contributed by atoms with van der Waals surface area (Å²) in [6.07, 6.45) is 16.8. The molecule has 1 saturated heterocycles. The molecule has 1 aromatic carbocycles. The topological polar surface area (TPSA) is 55.8 Å². The molecule has 2 atom stereocenters. The van der Waals surface area contributed by atoms with Crippen molar-refractivity contribution < 1.29 is 9.90 Å². The molecule has 1 amide bonds. The fraction of sp³-hybridized carbons (Fsp3) is 0.767. The maximum Gasteiger partial charge on any atom is 0.220 e. The van der Waals surface area contributed by atoms with Crippen LogP contribution in [-0.2, 0) is 4.79 Å². The van der Waals surface area contributed by atoms with Gasteiger partial charge in [0.15, 0.2) is 0 Å². The van der Waals surface area contributed by atoms with Crippen molar-refractivity contribution in [3.63, 3.8) is 0 Å². The van der Waals surface area contributed by atoms with Crippen molar-refractivity contribution >= 4 is 5.91 Å². The molecule has 2 N–H and O–H groups in total. The second-order valence-electron chi connectivity index (χ2n) is 10.6. The minimum atomic E-state index is -0.688. The fourth-order valence-electron chi connectivity index (χ4n) is 5.00. The van der Waals surface area contributed by atoms with E-state index < -0.39 is 6.10 Å². The number of benzene rings is 1. The molecule has 0 aromatic heterocycles. The molecule has 1 aromatic rings. The molecular weight excluding hydrogens is 434 g/mol. The molecule has 1 heterocycles. The zero-order valence-corrected chi connectivity index (χ0v) is 22.7. The van der Waals surface area contributed by atoms with Crippen molar-refractivity contribution in [2.75, 3.05) is 39.8 Å². The van der Waals surface area contributed by atoms with Crippen LogP contribution in [0.3, 0.4) is 0 Å². The normalized spacial score (nSPS) is 16.8. The summed E-state index contributed by atoms with van der Waals surface area (Å²) in [7, 11) is 2.14. The predicted molar refractivity (Wildman–Crippen MR) is 148 cm³/mol. The Hall–Kier alpha value is -1.43. The lowest BCUT2D eigenvalue weighted by Gasteiger charge is -2.36. The van der Waals surface area contributed by atoms with Crippen LogP contribution < -0.4 is 5.32 Å². The van der Waals surface area contributed by atoms with Gasteiger partial charge in [-0.25, -0.2) is 0 Å². The second-order valence-corrected chi connectivity index (χ2v) is 10.6. The van der Waals surface area contributed by atoms with E-state index in [1.54, 1.807) is 0 Å². The van der Waals surface area contributed by atoms with Crippen LogP contribution in [0.2, 0.25) is 0 Å². The number of nitrogens with zero attached hydrogens (tertiary/aromatic N) is 2. The molecule has 1 aliphatic rings. The zero-order chi connectivity index (χ0) is 25.1. The van der Waals surface area contributed by atoms with Gasteiger partial charge in [0.1, 0.15) is 6.10 Å². The fourth-order valence-corrected chi connectivity index (χ4v) is 5.00. The van der Waals surface area contributed by atoms with E-state index in [0.717, 1.165) is 44.6 Å². The van der Waals surface area contributed by atoms with Crippen LogP contribution in [0.15, 0.2) is 30.3 Å². The molecule has 200 valence electrons. The third-order valence-electron chi connectivity index (χ3n) is 7.43. The number of hydrogen-bond donors (Lipinski definition) is 2. The Bertz CT molecular complexity index is 646. The number of hydrogen-bond acceptors (Lipinski definition) is 4. The Morgan fingerprint density at radius 1 is 0.829 bits per heavy atom. The van der Waals surface area contributed by atoms with E-state index in [-0.39, 0.29) is 11.9 Å². The lowest BCUT2D eigenvalue weighted by atomic mass is 10.0. The Labute approximate surface area is 215 Å². The van der Waals surface area contributed by atoms with Crippen LogP contribution in [0, 0.1) is 0 Å². The summed E-state index contributed by atoms with van der Waals surface area (Å²) < 4.78 is 0. The van der Waals surface area contributed by atoms with Crippen LogP contribution in [0.1, 0.15) is 108 Å². The number of amides is 1. The van der Waals surface area contributed by atoms with Gasteiger partial charge in [0.05, 0.1) is 6.04 Å². The first-order valence-electron chi connectivity index (χ1n) is 14.5. The highest BCUT2D eigenvalue weighted by Crippen LogP contribution is 2.19. The van der Waals surface area contributed by atoms with E-state index in [9.17, 15) is 9.90 Å². The summed E-state index contributed by atoms with van der Waals surface area (Å²) in [4.78, 5) is 17.4. The van der Waals surface area contributed by atoms with Crippen molar-refractivity contribution in [3.8, 4) is 0 Å². The molecule has 0 unspecified atom stereocenters. The first-order chi connectivity index (χ1) is 17.1. The summed E-state index contributed by atoms with van der Waals surface area (Å²) in [5, 5.41) is 14.2. The number of likely N-dealkylation sites (N-methyl/N-ethyl adjacent to an activating group) is 1. The van der Waals surface area contributed by atoms with Crippen LogP contribution >= 0.6 is 0 Å². The molecule has 1 fully saturated rings. The molecule has 1 aliphatic heterocycles. The van der Waals surface area contributed by atoms with Crippen LogP contribution in [-0.4, -0.2) is 66.6 Å². The maximum absolute atomic E-state index is 12.7. The molecular formula is C30H53N3O2. The van der Waals surface area contributed by atoms with Crippen molar-refractivity contribution in [3.05, 3.63) is 35.9 Å². The highest BCUT2D eigenvalue weighted by molar-refractivity contribution is 5.76. The van der Waals surface area contributed by atoms with Gasteiger partial charge in [-0.15, -0.1) is 0 Å².